The summed E-state index contributed by atoms with van der Waals surface area (Å²) in [6, 6.07) is 11.6. The van der Waals surface area contributed by atoms with Gasteiger partial charge in [0.05, 0.1) is 13.2 Å². The monoisotopic (exact) mass is 463 g/mol. The molecule has 1 aliphatic heterocycles. The second kappa shape index (κ2) is 10.7. The molecule has 1 fully saturated rings. The number of carbonyl (C=O) groups excluding carboxylic acids is 2. The molecule has 3 rings (SSSR count). The molecule has 0 saturated carbocycles. The van der Waals surface area contributed by atoms with Crippen LogP contribution in [-0.4, -0.2) is 63.5 Å². The van der Waals surface area contributed by atoms with Crippen LogP contribution >= 0.6 is 0 Å². The SMILES string of the molecule is CC(NC(=O)[C@H](Cc1ccccc1)NS(=O)(=O)c1ccccc1F)C(=O)N1CCOCC1. The lowest BCUT2D eigenvalue weighted by molar-refractivity contribution is -0.139. The Morgan fingerprint density at radius 3 is 2.34 bits per heavy atom. The van der Waals surface area contributed by atoms with E-state index in [1.807, 2.05) is 0 Å². The van der Waals surface area contributed by atoms with E-state index < -0.39 is 38.7 Å². The Hall–Kier alpha value is -2.82. The summed E-state index contributed by atoms with van der Waals surface area (Å²) in [7, 11) is -4.33. The van der Waals surface area contributed by atoms with Crippen LogP contribution in [0, 0.1) is 5.82 Å². The second-order valence-corrected chi connectivity index (χ2v) is 9.14. The highest BCUT2D eigenvalue weighted by molar-refractivity contribution is 7.89. The highest BCUT2D eigenvalue weighted by Gasteiger charge is 2.31. The quantitative estimate of drug-likeness (QED) is 0.610. The van der Waals surface area contributed by atoms with Gasteiger partial charge >= 0.3 is 0 Å². The van der Waals surface area contributed by atoms with Gasteiger partial charge in [-0.1, -0.05) is 42.5 Å². The number of nitrogens with zero attached hydrogens (tertiary/aromatic N) is 1. The first-order chi connectivity index (χ1) is 15.3. The molecule has 2 amide bonds. The van der Waals surface area contributed by atoms with Crippen molar-refractivity contribution < 1.29 is 27.1 Å². The lowest BCUT2D eigenvalue weighted by Gasteiger charge is -2.30. The third kappa shape index (κ3) is 6.12. The summed E-state index contributed by atoms with van der Waals surface area (Å²) < 4.78 is 47.2. The Balaban J connectivity index is 1.78. The predicted octanol–water partition coefficient (Wildman–Crippen LogP) is 1.08. The first-order valence-electron chi connectivity index (χ1n) is 10.3. The standard InChI is InChI=1S/C22H26FN3O5S/c1-16(22(28)26-11-13-31-14-12-26)24-21(27)19(15-17-7-3-2-4-8-17)25-32(29,30)20-10-6-5-9-18(20)23/h2-10,16,19,25H,11-15H2,1H3,(H,24,27)/t16?,19-/m0/s1. The minimum atomic E-state index is -4.33. The zero-order valence-electron chi connectivity index (χ0n) is 17.7. The van der Waals surface area contributed by atoms with Gasteiger partial charge in [-0.3, -0.25) is 9.59 Å². The van der Waals surface area contributed by atoms with Gasteiger partial charge in [-0.2, -0.15) is 4.72 Å². The average Bonchev–Trinajstić information content (AvgIpc) is 2.79. The van der Waals surface area contributed by atoms with E-state index in [0.29, 0.717) is 31.9 Å². The summed E-state index contributed by atoms with van der Waals surface area (Å²) >= 11 is 0. The van der Waals surface area contributed by atoms with Crippen molar-refractivity contribution in [3.8, 4) is 0 Å². The number of sulfonamides is 1. The van der Waals surface area contributed by atoms with Crippen LogP contribution in [-0.2, 0) is 30.8 Å². The Morgan fingerprint density at radius 2 is 1.69 bits per heavy atom. The van der Waals surface area contributed by atoms with Gasteiger partial charge < -0.3 is 15.0 Å². The van der Waals surface area contributed by atoms with E-state index in [0.717, 1.165) is 12.1 Å². The van der Waals surface area contributed by atoms with E-state index in [9.17, 15) is 22.4 Å². The molecule has 10 heteroatoms. The molecule has 1 saturated heterocycles. The Kier molecular flexibility index (Phi) is 7.94. The van der Waals surface area contributed by atoms with Gasteiger partial charge in [0.15, 0.2) is 0 Å². The van der Waals surface area contributed by atoms with Crippen molar-refractivity contribution in [2.45, 2.75) is 30.3 Å². The van der Waals surface area contributed by atoms with Crippen LogP contribution in [0.4, 0.5) is 4.39 Å². The van der Waals surface area contributed by atoms with Crippen LogP contribution in [0.3, 0.4) is 0 Å². The van der Waals surface area contributed by atoms with E-state index in [-0.39, 0.29) is 12.3 Å². The van der Waals surface area contributed by atoms with Gasteiger partial charge in [0.1, 0.15) is 22.8 Å². The first kappa shape index (κ1) is 23.8. The molecule has 2 atom stereocenters. The molecule has 0 radical (unpaired) electrons. The average molecular weight is 464 g/mol. The number of amides is 2. The molecule has 0 bridgehead atoms. The molecule has 8 nitrogen and oxygen atoms in total. The van der Waals surface area contributed by atoms with Crippen LogP contribution in [0.2, 0.25) is 0 Å². The molecule has 0 aliphatic carbocycles. The van der Waals surface area contributed by atoms with Gasteiger partial charge in [0.25, 0.3) is 0 Å². The van der Waals surface area contributed by atoms with Crippen LogP contribution in [0.5, 0.6) is 0 Å². The van der Waals surface area contributed by atoms with Crippen LogP contribution in [0.1, 0.15) is 12.5 Å². The predicted molar refractivity (Wildman–Crippen MR) is 116 cm³/mol. The van der Waals surface area contributed by atoms with Crippen molar-refractivity contribution in [3.05, 3.63) is 66.0 Å². The van der Waals surface area contributed by atoms with E-state index >= 15 is 0 Å². The van der Waals surface area contributed by atoms with Gasteiger partial charge in [-0.15, -0.1) is 0 Å². The second-order valence-electron chi connectivity index (χ2n) is 7.46. The molecule has 0 aromatic heterocycles. The largest absolute Gasteiger partial charge is 0.378 e. The van der Waals surface area contributed by atoms with Crippen molar-refractivity contribution in [3.63, 3.8) is 0 Å². The maximum Gasteiger partial charge on any atom is 0.245 e. The van der Waals surface area contributed by atoms with E-state index in [1.165, 1.54) is 12.1 Å². The number of hydrogen-bond donors (Lipinski definition) is 2. The van der Waals surface area contributed by atoms with Crippen molar-refractivity contribution in [2.75, 3.05) is 26.3 Å². The fraction of sp³-hybridized carbons (Fsp3) is 0.364. The Morgan fingerprint density at radius 1 is 1.06 bits per heavy atom. The number of rotatable bonds is 8. The van der Waals surface area contributed by atoms with Crippen molar-refractivity contribution in [1.29, 1.82) is 0 Å². The third-order valence-electron chi connectivity index (χ3n) is 5.07. The molecule has 32 heavy (non-hydrogen) atoms. The lowest BCUT2D eigenvalue weighted by Crippen LogP contribution is -2.55. The molecule has 172 valence electrons. The summed E-state index contributed by atoms with van der Waals surface area (Å²) in [5, 5.41) is 2.59. The molecule has 1 unspecified atom stereocenters. The van der Waals surface area contributed by atoms with E-state index in [4.69, 9.17) is 4.74 Å². The number of morpholine rings is 1. The van der Waals surface area contributed by atoms with Crippen molar-refractivity contribution in [2.24, 2.45) is 0 Å². The molecular weight excluding hydrogens is 437 g/mol. The number of nitrogens with one attached hydrogen (secondary N) is 2. The van der Waals surface area contributed by atoms with Crippen molar-refractivity contribution >= 4 is 21.8 Å². The molecule has 2 aromatic rings. The smallest absolute Gasteiger partial charge is 0.245 e. The normalized spacial score (nSPS) is 16.2. The fourth-order valence-electron chi connectivity index (χ4n) is 3.38. The maximum absolute atomic E-state index is 14.1. The Labute approximate surface area is 186 Å². The highest BCUT2D eigenvalue weighted by Crippen LogP contribution is 2.15. The molecule has 1 heterocycles. The molecule has 0 spiro atoms. The minimum Gasteiger partial charge on any atom is -0.378 e. The summed E-state index contributed by atoms with van der Waals surface area (Å²) in [5.74, 6) is -1.88. The topological polar surface area (TPSA) is 105 Å². The van der Waals surface area contributed by atoms with Gasteiger partial charge in [0.2, 0.25) is 21.8 Å². The van der Waals surface area contributed by atoms with Crippen LogP contribution in [0.25, 0.3) is 0 Å². The summed E-state index contributed by atoms with van der Waals surface area (Å²) in [6.45, 7) is 3.23. The number of halogens is 1. The van der Waals surface area contributed by atoms with Crippen LogP contribution < -0.4 is 10.0 Å². The van der Waals surface area contributed by atoms with Crippen molar-refractivity contribution in [1.82, 2.24) is 14.9 Å². The fourth-order valence-corrected chi connectivity index (χ4v) is 4.66. The van der Waals surface area contributed by atoms with Gasteiger partial charge in [-0.05, 0) is 31.0 Å². The van der Waals surface area contributed by atoms with Crippen LogP contribution in [0.15, 0.2) is 59.5 Å². The number of benzene rings is 2. The third-order valence-corrected chi connectivity index (χ3v) is 6.58. The van der Waals surface area contributed by atoms with Gasteiger partial charge in [-0.25, -0.2) is 12.8 Å². The molecule has 1 aliphatic rings. The maximum atomic E-state index is 14.1. The first-order valence-corrected chi connectivity index (χ1v) is 11.7. The molecule has 2 aromatic carbocycles. The minimum absolute atomic E-state index is 0.0266. The summed E-state index contributed by atoms with van der Waals surface area (Å²) in [6.07, 6.45) is 0.0266. The molecule has 2 N–H and O–H groups in total. The highest BCUT2D eigenvalue weighted by atomic mass is 32.2. The molecular formula is C22H26FN3O5S. The summed E-state index contributed by atoms with van der Waals surface area (Å²) in [5.41, 5.74) is 0.705. The zero-order chi connectivity index (χ0) is 23.1. The number of ether oxygens (including phenoxy) is 1. The number of carbonyl (C=O) groups is 2. The van der Waals surface area contributed by atoms with E-state index in [1.54, 1.807) is 42.2 Å². The number of hydrogen-bond acceptors (Lipinski definition) is 5. The van der Waals surface area contributed by atoms with E-state index in [2.05, 4.69) is 10.0 Å². The lowest BCUT2D eigenvalue weighted by atomic mass is 10.1. The Bertz CT molecular complexity index is 1040. The van der Waals surface area contributed by atoms with Gasteiger partial charge in [0, 0.05) is 13.1 Å². The summed E-state index contributed by atoms with van der Waals surface area (Å²) in [4.78, 5) is 26.7. The zero-order valence-corrected chi connectivity index (χ0v) is 18.5.